The molecular formula is C33H50N2O3. The van der Waals surface area contributed by atoms with Gasteiger partial charge in [-0.3, -0.25) is 9.80 Å². The second-order valence-corrected chi connectivity index (χ2v) is 12.6. The number of allylic oxidation sites excluding steroid dienone is 7. The van der Waals surface area contributed by atoms with Crippen molar-refractivity contribution in [1.82, 2.24) is 9.80 Å². The van der Waals surface area contributed by atoms with Crippen LogP contribution in [0.25, 0.3) is 0 Å². The Morgan fingerprint density at radius 1 is 0.816 bits per heavy atom. The van der Waals surface area contributed by atoms with Crippen LogP contribution in [0.1, 0.15) is 83.5 Å². The van der Waals surface area contributed by atoms with E-state index in [1.165, 1.54) is 19.1 Å². The molecule has 5 aliphatic rings. The zero-order valence-electron chi connectivity index (χ0n) is 23.3. The van der Waals surface area contributed by atoms with Crippen molar-refractivity contribution in [3.63, 3.8) is 0 Å². The van der Waals surface area contributed by atoms with Crippen LogP contribution in [-0.2, 0) is 4.79 Å². The van der Waals surface area contributed by atoms with Gasteiger partial charge in [-0.05, 0) is 95.7 Å². The number of carbonyl (C=O) groups excluding carboxylic acids is 1. The highest BCUT2D eigenvalue weighted by Crippen LogP contribution is 2.62. The van der Waals surface area contributed by atoms with Crippen molar-refractivity contribution in [3.05, 3.63) is 48.6 Å². The number of aliphatic hydroxyl groups excluding tert-OH is 2. The molecule has 1 spiro atoms. The molecule has 5 unspecified atom stereocenters. The largest absolute Gasteiger partial charge is 0.388 e. The topological polar surface area (TPSA) is 64.0 Å². The van der Waals surface area contributed by atoms with E-state index in [1.807, 2.05) is 12.2 Å². The number of rotatable bonds is 1. The molecule has 0 aromatic rings. The van der Waals surface area contributed by atoms with Gasteiger partial charge in [-0.1, -0.05) is 67.9 Å². The standard InChI is InChI=1S/C33H50N2O3/c36-26-32-20-15-11-7-3-1-4-8-12-16-21-34-23-19-28-27(24-32)25-35-22-17-13-9-5-2-6-10-14-18-29(37)30(38)33(28,35)31(32)34/h4-6,8-10,14,18,26-31,37-38H,1-3,7,11-13,15-17,19-25H2/b8-4+,9-5-,10-6-,18-14+/t27?,28?,29-,30+,31?,32?,33?/m0/s1. The van der Waals surface area contributed by atoms with Crippen LogP contribution in [0.4, 0.5) is 0 Å². The van der Waals surface area contributed by atoms with Gasteiger partial charge in [0.05, 0.1) is 5.54 Å². The third-order valence-electron chi connectivity index (χ3n) is 10.5. The molecule has 5 rings (SSSR count). The van der Waals surface area contributed by atoms with Crippen molar-refractivity contribution in [1.29, 1.82) is 0 Å². The fourth-order valence-corrected chi connectivity index (χ4v) is 9.01. The van der Waals surface area contributed by atoms with Gasteiger partial charge in [0.2, 0.25) is 0 Å². The van der Waals surface area contributed by atoms with Crippen molar-refractivity contribution >= 4 is 6.29 Å². The van der Waals surface area contributed by atoms with E-state index in [2.05, 4.69) is 40.2 Å². The second kappa shape index (κ2) is 12.8. The molecule has 3 fully saturated rings. The van der Waals surface area contributed by atoms with E-state index in [0.29, 0.717) is 11.8 Å². The number of aliphatic hydroxyl groups is 2. The number of carbonyl (C=O) groups is 1. The van der Waals surface area contributed by atoms with E-state index < -0.39 is 23.2 Å². The minimum absolute atomic E-state index is 0.0611. The number of piperidine rings is 1. The van der Waals surface area contributed by atoms with E-state index in [0.717, 1.165) is 96.8 Å². The van der Waals surface area contributed by atoms with Gasteiger partial charge in [0.15, 0.2) is 0 Å². The molecule has 5 nitrogen and oxygen atoms in total. The van der Waals surface area contributed by atoms with Crippen LogP contribution in [0.3, 0.4) is 0 Å². The molecule has 0 aromatic heterocycles. The Bertz CT molecular complexity index is 912. The first-order valence-corrected chi connectivity index (χ1v) is 15.6. The van der Waals surface area contributed by atoms with E-state index in [9.17, 15) is 15.0 Å². The maximum atomic E-state index is 13.3. The Labute approximate surface area is 230 Å². The summed E-state index contributed by atoms with van der Waals surface area (Å²) in [6, 6.07) is -0.0611. The lowest BCUT2D eigenvalue weighted by molar-refractivity contribution is -0.190. The molecule has 38 heavy (non-hydrogen) atoms. The molecule has 210 valence electrons. The molecule has 0 aromatic carbocycles. The van der Waals surface area contributed by atoms with Gasteiger partial charge in [-0.15, -0.1) is 0 Å². The summed E-state index contributed by atoms with van der Waals surface area (Å²) in [6.45, 7) is 3.78. The van der Waals surface area contributed by atoms with E-state index >= 15 is 0 Å². The van der Waals surface area contributed by atoms with Crippen molar-refractivity contribution in [2.75, 3.05) is 26.2 Å². The summed E-state index contributed by atoms with van der Waals surface area (Å²) < 4.78 is 0. The predicted molar refractivity (Wildman–Crippen MR) is 154 cm³/mol. The Morgan fingerprint density at radius 3 is 2.42 bits per heavy atom. The zero-order valence-corrected chi connectivity index (χ0v) is 23.3. The van der Waals surface area contributed by atoms with Crippen LogP contribution in [0, 0.1) is 17.3 Å². The third kappa shape index (κ3) is 5.29. The van der Waals surface area contributed by atoms with Crippen molar-refractivity contribution in [3.8, 4) is 0 Å². The highest BCUT2D eigenvalue weighted by molar-refractivity contribution is 5.63. The first kappa shape index (κ1) is 28.0. The summed E-state index contributed by atoms with van der Waals surface area (Å²) in [7, 11) is 0. The van der Waals surface area contributed by atoms with Gasteiger partial charge in [-0.2, -0.15) is 0 Å². The van der Waals surface area contributed by atoms with Gasteiger partial charge in [0.25, 0.3) is 0 Å². The quantitative estimate of drug-likeness (QED) is 0.366. The summed E-state index contributed by atoms with van der Waals surface area (Å²) >= 11 is 0. The Morgan fingerprint density at radius 2 is 1.58 bits per heavy atom. The first-order valence-electron chi connectivity index (χ1n) is 15.6. The van der Waals surface area contributed by atoms with Crippen LogP contribution >= 0.6 is 0 Å². The summed E-state index contributed by atoms with van der Waals surface area (Å²) in [6.07, 6.45) is 30.1. The van der Waals surface area contributed by atoms with Crippen LogP contribution in [0.15, 0.2) is 48.6 Å². The number of hydrogen-bond acceptors (Lipinski definition) is 5. The SMILES string of the molecule is O=CC12CCCCCC/C=C/CCCN3CCC4C(CN5CCC/C=C\C/C=C\C=C\[C@H](O)[C@@H](O)C45C31)C2. The summed E-state index contributed by atoms with van der Waals surface area (Å²) in [5.41, 5.74) is -1.07. The van der Waals surface area contributed by atoms with E-state index in [-0.39, 0.29) is 6.04 Å². The molecule has 0 amide bonds. The average molecular weight is 523 g/mol. The smallest absolute Gasteiger partial charge is 0.127 e. The van der Waals surface area contributed by atoms with Crippen molar-refractivity contribution in [2.45, 2.75) is 107 Å². The molecular weight excluding hydrogens is 472 g/mol. The van der Waals surface area contributed by atoms with Crippen molar-refractivity contribution < 1.29 is 15.0 Å². The third-order valence-corrected chi connectivity index (χ3v) is 10.5. The molecule has 2 saturated heterocycles. The van der Waals surface area contributed by atoms with Gasteiger partial charge < -0.3 is 15.0 Å². The van der Waals surface area contributed by atoms with Crippen LogP contribution < -0.4 is 0 Å². The normalized spacial score (nSPS) is 45.1. The molecule has 2 N–H and O–H groups in total. The Kier molecular flexibility index (Phi) is 9.41. The van der Waals surface area contributed by atoms with Gasteiger partial charge in [0.1, 0.15) is 18.5 Å². The zero-order chi connectivity index (χ0) is 26.4. The van der Waals surface area contributed by atoms with E-state index in [1.54, 1.807) is 6.08 Å². The lowest BCUT2D eigenvalue weighted by Gasteiger charge is -2.65. The lowest BCUT2D eigenvalue weighted by Crippen LogP contribution is -2.78. The summed E-state index contributed by atoms with van der Waals surface area (Å²) in [5, 5.41) is 23.7. The number of hydrogen-bond donors (Lipinski definition) is 2. The molecule has 4 aliphatic heterocycles. The lowest BCUT2D eigenvalue weighted by atomic mass is 9.50. The molecule has 5 heteroatoms. The fraction of sp³-hybridized carbons (Fsp3) is 0.727. The minimum Gasteiger partial charge on any atom is -0.388 e. The minimum atomic E-state index is -0.958. The first-order chi connectivity index (χ1) is 18.6. The van der Waals surface area contributed by atoms with Crippen molar-refractivity contribution in [2.24, 2.45) is 17.3 Å². The van der Waals surface area contributed by atoms with E-state index in [4.69, 9.17) is 0 Å². The van der Waals surface area contributed by atoms with Gasteiger partial charge in [0, 0.05) is 18.0 Å². The Hall–Kier alpha value is -1.53. The van der Waals surface area contributed by atoms with Gasteiger partial charge in [-0.25, -0.2) is 0 Å². The maximum Gasteiger partial charge on any atom is 0.127 e. The Balaban J connectivity index is 1.59. The predicted octanol–water partition coefficient (Wildman–Crippen LogP) is 5.20. The summed E-state index contributed by atoms with van der Waals surface area (Å²) in [4.78, 5) is 18.5. The number of nitrogens with zero attached hydrogens (tertiary/aromatic N) is 2. The van der Waals surface area contributed by atoms with Crippen LogP contribution in [0.5, 0.6) is 0 Å². The maximum absolute atomic E-state index is 13.3. The monoisotopic (exact) mass is 522 g/mol. The molecule has 4 bridgehead atoms. The summed E-state index contributed by atoms with van der Waals surface area (Å²) in [5.74, 6) is 0.713. The second-order valence-electron chi connectivity index (χ2n) is 12.6. The molecule has 7 atom stereocenters. The van der Waals surface area contributed by atoms with Gasteiger partial charge >= 0.3 is 0 Å². The average Bonchev–Trinajstić information content (AvgIpc) is 3.16. The fourth-order valence-electron chi connectivity index (χ4n) is 9.01. The highest BCUT2D eigenvalue weighted by atomic mass is 16.3. The van der Waals surface area contributed by atoms with Crippen LogP contribution in [0.2, 0.25) is 0 Å². The molecule has 1 saturated carbocycles. The molecule has 1 aliphatic carbocycles. The molecule has 0 radical (unpaired) electrons. The highest BCUT2D eigenvalue weighted by Gasteiger charge is 2.72. The molecule has 4 heterocycles. The number of aldehydes is 1. The van der Waals surface area contributed by atoms with Crippen LogP contribution in [-0.4, -0.2) is 76.3 Å².